The molecule has 0 saturated heterocycles. The lowest BCUT2D eigenvalue weighted by Crippen LogP contribution is -2.37. The van der Waals surface area contributed by atoms with Crippen LogP contribution in [0.3, 0.4) is 0 Å². The van der Waals surface area contributed by atoms with Crippen molar-refractivity contribution in [2.45, 2.75) is 148 Å². The monoisotopic (exact) mass is 453 g/mol. The van der Waals surface area contributed by atoms with Gasteiger partial charge in [-0.3, -0.25) is 0 Å². The third-order valence-corrected chi connectivity index (χ3v) is 6.51. The lowest BCUT2D eigenvalue weighted by molar-refractivity contribution is -0.0350. The largest absolute Gasteiger partial charge is 0.394 e. The first-order chi connectivity index (χ1) is 15.6. The second kappa shape index (κ2) is 19.5. The van der Waals surface area contributed by atoms with Crippen molar-refractivity contribution in [1.82, 2.24) is 15.0 Å². The van der Waals surface area contributed by atoms with Crippen molar-refractivity contribution in [3.8, 4) is 0 Å². The van der Waals surface area contributed by atoms with E-state index in [1.54, 1.807) is 6.20 Å². The van der Waals surface area contributed by atoms with Gasteiger partial charge in [0.1, 0.15) is 12.1 Å². The van der Waals surface area contributed by atoms with Crippen LogP contribution >= 0.6 is 0 Å². The molecular weight excluding hydrogens is 402 g/mol. The fraction of sp³-hybridized carbons (Fsp3) is 0.923. The van der Waals surface area contributed by atoms with Gasteiger partial charge in [-0.1, -0.05) is 115 Å². The molecule has 3 atom stereocenters. The highest BCUT2D eigenvalue weighted by Gasteiger charge is 2.28. The smallest absolute Gasteiger partial charge is 0.105 e. The van der Waals surface area contributed by atoms with E-state index in [0.717, 1.165) is 31.4 Å². The predicted molar refractivity (Wildman–Crippen MR) is 132 cm³/mol. The van der Waals surface area contributed by atoms with Crippen LogP contribution in [0.5, 0.6) is 0 Å². The Balaban J connectivity index is 2.17. The summed E-state index contributed by atoms with van der Waals surface area (Å²) in [6.45, 7) is 4.18. The molecule has 0 bridgehead atoms. The number of hydrogen-bond donors (Lipinski definition) is 3. The van der Waals surface area contributed by atoms with Crippen molar-refractivity contribution in [1.29, 1.82) is 0 Å². The zero-order chi connectivity index (χ0) is 23.4. The first-order valence-electron chi connectivity index (χ1n) is 13.5. The maximum atomic E-state index is 10.6. The number of aliphatic hydroxyl groups is 3. The molecule has 6 nitrogen and oxygen atoms in total. The first kappa shape index (κ1) is 29.1. The topological polar surface area (TPSA) is 91.4 Å². The zero-order valence-electron chi connectivity index (χ0n) is 20.9. The van der Waals surface area contributed by atoms with Crippen LogP contribution in [-0.4, -0.2) is 49.1 Å². The van der Waals surface area contributed by atoms with Gasteiger partial charge in [0, 0.05) is 6.20 Å². The second-order valence-corrected chi connectivity index (χ2v) is 9.49. The molecule has 0 aliphatic rings. The predicted octanol–water partition coefficient (Wildman–Crippen LogP) is 5.75. The van der Waals surface area contributed by atoms with E-state index in [1.165, 1.54) is 88.2 Å². The standard InChI is InChI=1S/C26H51N3O3/c1-3-5-7-9-10-11-12-13-14-15-16-18-20-25(31)26(32)24(22-30)29-21-23(27-28-29)19-17-8-6-4-2/h21,24-26,30-32H,3-20,22H2,1-2H3/t24-,25+,26-/m0/s1. The Hall–Kier alpha value is -0.980. The minimum absolute atomic E-state index is 0.269. The van der Waals surface area contributed by atoms with Gasteiger partial charge in [0.15, 0.2) is 0 Å². The van der Waals surface area contributed by atoms with Crippen molar-refractivity contribution in [3.05, 3.63) is 11.9 Å². The number of aromatic nitrogens is 3. The van der Waals surface area contributed by atoms with Gasteiger partial charge >= 0.3 is 0 Å². The maximum Gasteiger partial charge on any atom is 0.105 e. The molecule has 0 aliphatic carbocycles. The molecule has 1 rings (SSSR count). The van der Waals surface area contributed by atoms with E-state index in [4.69, 9.17) is 0 Å². The van der Waals surface area contributed by atoms with Crippen LogP contribution in [0, 0.1) is 0 Å². The molecule has 0 unspecified atom stereocenters. The zero-order valence-corrected chi connectivity index (χ0v) is 20.9. The van der Waals surface area contributed by atoms with Crippen molar-refractivity contribution in [2.75, 3.05) is 6.61 Å². The van der Waals surface area contributed by atoms with E-state index >= 15 is 0 Å². The summed E-state index contributed by atoms with van der Waals surface area (Å²) in [6, 6.07) is -0.654. The first-order valence-corrected chi connectivity index (χ1v) is 13.5. The highest BCUT2D eigenvalue weighted by atomic mass is 16.3. The summed E-state index contributed by atoms with van der Waals surface area (Å²) in [4.78, 5) is 0. The van der Waals surface area contributed by atoms with Gasteiger partial charge in [0.05, 0.1) is 18.4 Å². The molecule has 0 saturated carbocycles. The van der Waals surface area contributed by atoms with Gasteiger partial charge in [-0.15, -0.1) is 5.10 Å². The fourth-order valence-corrected chi connectivity index (χ4v) is 4.29. The molecule has 32 heavy (non-hydrogen) atoms. The highest BCUT2D eigenvalue weighted by molar-refractivity contribution is 4.95. The van der Waals surface area contributed by atoms with Crippen LogP contribution < -0.4 is 0 Å². The van der Waals surface area contributed by atoms with E-state index in [2.05, 4.69) is 24.2 Å². The van der Waals surface area contributed by atoms with E-state index in [0.29, 0.717) is 6.42 Å². The molecule has 0 spiro atoms. The second-order valence-electron chi connectivity index (χ2n) is 9.49. The van der Waals surface area contributed by atoms with Crippen molar-refractivity contribution >= 4 is 0 Å². The summed E-state index contributed by atoms with van der Waals surface area (Å²) >= 11 is 0. The van der Waals surface area contributed by atoms with E-state index in [1.807, 2.05) is 0 Å². The molecule has 1 heterocycles. The summed E-state index contributed by atoms with van der Waals surface area (Å²) in [5.74, 6) is 0. The summed E-state index contributed by atoms with van der Waals surface area (Å²) in [6.07, 6.45) is 21.2. The average Bonchev–Trinajstić information content (AvgIpc) is 3.26. The minimum Gasteiger partial charge on any atom is -0.394 e. The molecule has 0 radical (unpaired) electrons. The van der Waals surface area contributed by atoms with Gasteiger partial charge in [0.25, 0.3) is 0 Å². The van der Waals surface area contributed by atoms with Crippen molar-refractivity contribution < 1.29 is 15.3 Å². The summed E-state index contributed by atoms with van der Waals surface area (Å²) in [5, 5.41) is 39.0. The van der Waals surface area contributed by atoms with Crippen LogP contribution in [-0.2, 0) is 6.42 Å². The summed E-state index contributed by atoms with van der Waals surface area (Å²) < 4.78 is 1.52. The van der Waals surface area contributed by atoms with E-state index in [9.17, 15) is 15.3 Å². The number of nitrogens with zero attached hydrogens (tertiary/aromatic N) is 3. The Morgan fingerprint density at radius 1 is 0.750 bits per heavy atom. The molecule has 0 fully saturated rings. The number of rotatable bonds is 22. The molecule has 6 heteroatoms. The van der Waals surface area contributed by atoms with Gasteiger partial charge in [-0.2, -0.15) is 0 Å². The van der Waals surface area contributed by atoms with Crippen LogP contribution in [0.4, 0.5) is 0 Å². The van der Waals surface area contributed by atoms with Gasteiger partial charge in [-0.05, 0) is 19.3 Å². The third-order valence-electron chi connectivity index (χ3n) is 6.51. The molecule has 3 N–H and O–H groups in total. The van der Waals surface area contributed by atoms with Crippen LogP contribution in [0.25, 0.3) is 0 Å². The number of aliphatic hydroxyl groups excluding tert-OH is 3. The molecular formula is C26H51N3O3. The number of aryl methyl sites for hydroxylation is 1. The minimum atomic E-state index is -1.04. The summed E-state index contributed by atoms with van der Waals surface area (Å²) in [7, 11) is 0. The lowest BCUT2D eigenvalue weighted by atomic mass is 9.99. The van der Waals surface area contributed by atoms with Crippen molar-refractivity contribution in [2.24, 2.45) is 0 Å². The Labute approximate surface area is 196 Å². The average molecular weight is 454 g/mol. The maximum absolute atomic E-state index is 10.6. The van der Waals surface area contributed by atoms with E-state index < -0.39 is 18.2 Å². The van der Waals surface area contributed by atoms with Crippen LogP contribution in [0.15, 0.2) is 6.20 Å². The molecule has 0 aliphatic heterocycles. The van der Waals surface area contributed by atoms with E-state index in [-0.39, 0.29) is 6.61 Å². The Morgan fingerprint density at radius 3 is 1.78 bits per heavy atom. The SMILES string of the molecule is CCCCCCCCCCCCCC[C@@H](O)[C@@H](O)[C@H](CO)n1cc(CCCCCC)nn1. The fourth-order valence-electron chi connectivity index (χ4n) is 4.29. The lowest BCUT2D eigenvalue weighted by Gasteiger charge is -2.25. The third kappa shape index (κ3) is 12.9. The van der Waals surface area contributed by atoms with Crippen molar-refractivity contribution in [3.63, 3.8) is 0 Å². The number of unbranched alkanes of at least 4 members (excludes halogenated alkanes) is 14. The highest BCUT2D eigenvalue weighted by Crippen LogP contribution is 2.19. The molecule has 0 aromatic carbocycles. The normalized spacial score (nSPS) is 14.5. The number of hydrogen-bond acceptors (Lipinski definition) is 5. The molecule has 188 valence electrons. The molecule has 1 aromatic heterocycles. The molecule has 0 amide bonds. The van der Waals surface area contributed by atoms with Gasteiger partial charge < -0.3 is 15.3 Å². The van der Waals surface area contributed by atoms with Gasteiger partial charge in [0.2, 0.25) is 0 Å². The Morgan fingerprint density at radius 2 is 1.25 bits per heavy atom. The molecule has 1 aromatic rings. The summed E-state index contributed by atoms with van der Waals surface area (Å²) in [5.41, 5.74) is 0.877. The Bertz CT molecular complexity index is 538. The quantitative estimate of drug-likeness (QED) is 0.195. The van der Waals surface area contributed by atoms with Crippen LogP contribution in [0.2, 0.25) is 0 Å². The van der Waals surface area contributed by atoms with Crippen LogP contribution in [0.1, 0.15) is 135 Å². The van der Waals surface area contributed by atoms with Gasteiger partial charge in [-0.25, -0.2) is 4.68 Å². The Kier molecular flexibility index (Phi) is 17.7.